The molecule has 0 unspecified atom stereocenters. The van der Waals surface area contributed by atoms with Crippen molar-refractivity contribution in [2.45, 2.75) is 19.9 Å². The quantitative estimate of drug-likeness (QED) is 0.632. The first-order valence-corrected chi connectivity index (χ1v) is 7.02. The molecule has 0 amide bonds. The second-order valence-corrected chi connectivity index (χ2v) is 5.61. The Bertz CT molecular complexity index is 810. The van der Waals surface area contributed by atoms with Gasteiger partial charge in [0.2, 0.25) is 0 Å². The molecule has 0 atom stereocenters. The van der Waals surface area contributed by atoms with Crippen LogP contribution in [-0.4, -0.2) is 22.7 Å². The minimum atomic E-state index is -0.424. The third-order valence-corrected chi connectivity index (χ3v) is 3.65. The Kier molecular flexibility index (Phi) is 3.13. The summed E-state index contributed by atoms with van der Waals surface area (Å²) in [5, 5.41) is 13.1. The average molecular weight is 296 g/mol. The molecule has 3 rings (SSSR count). The third-order valence-electron chi connectivity index (χ3n) is 3.65. The van der Waals surface area contributed by atoms with Gasteiger partial charge < -0.3 is 16.2 Å². The maximum absolute atomic E-state index is 12.8. The summed E-state index contributed by atoms with van der Waals surface area (Å²) in [5.74, 6) is -0.938. The summed E-state index contributed by atoms with van der Waals surface area (Å²) in [7, 11) is 0. The number of nitrogens with one attached hydrogen (secondary N) is 1. The molecule has 4 N–H and O–H groups in total. The number of fused-ring (bicyclic) bond motifs is 2. The minimum absolute atomic E-state index is 0.0217. The van der Waals surface area contributed by atoms with Crippen LogP contribution in [0.5, 0.6) is 5.75 Å². The topological polar surface area (TPSA) is 92.4 Å². The molecule has 0 saturated heterocycles. The van der Waals surface area contributed by atoms with Crippen LogP contribution in [0.25, 0.3) is 0 Å². The van der Waals surface area contributed by atoms with Crippen molar-refractivity contribution in [1.82, 2.24) is 0 Å². The Morgan fingerprint density at radius 3 is 2.41 bits per heavy atom. The van der Waals surface area contributed by atoms with Gasteiger partial charge in [0.1, 0.15) is 5.75 Å². The number of rotatable bonds is 2. The molecule has 1 aliphatic carbocycles. The highest BCUT2D eigenvalue weighted by molar-refractivity contribution is 6.32. The predicted octanol–water partition coefficient (Wildman–Crippen LogP) is 2.57. The van der Waals surface area contributed by atoms with E-state index < -0.39 is 5.78 Å². The summed E-state index contributed by atoms with van der Waals surface area (Å²) in [5.41, 5.74) is 7.38. The normalized spacial score (nSPS) is 13.0. The van der Waals surface area contributed by atoms with Gasteiger partial charge in [-0.05, 0) is 32.0 Å². The number of carbonyl (C=O) groups excluding carboxylic acids is 2. The van der Waals surface area contributed by atoms with Crippen LogP contribution in [0.1, 0.15) is 45.7 Å². The second kappa shape index (κ2) is 4.87. The largest absolute Gasteiger partial charge is 0.507 e. The second-order valence-electron chi connectivity index (χ2n) is 5.61. The van der Waals surface area contributed by atoms with Gasteiger partial charge in [0.15, 0.2) is 11.6 Å². The van der Waals surface area contributed by atoms with Crippen LogP contribution in [0.2, 0.25) is 0 Å². The van der Waals surface area contributed by atoms with Crippen LogP contribution in [0.15, 0.2) is 30.3 Å². The van der Waals surface area contributed by atoms with E-state index in [1.54, 1.807) is 24.3 Å². The van der Waals surface area contributed by atoms with Gasteiger partial charge in [0, 0.05) is 23.0 Å². The molecule has 0 fully saturated rings. The number of benzene rings is 2. The Balaban J connectivity index is 2.31. The summed E-state index contributed by atoms with van der Waals surface area (Å²) in [4.78, 5) is 25.5. The van der Waals surface area contributed by atoms with E-state index >= 15 is 0 Å². The smallest absolute Gasteiger partial charge is 0.200 e. The number of phenolic OH excluding ortho intramolecular Hbond substituents is 1. The zero-order chi connectivity index (χ0) is 16.0. The fourth-order valence-electron chi connectivity index (χ4n) is 2.76. The van der Waals surface area contributed by atoms with Gasteiger partial charge in [-0.3, -0.25) is 9.59 Å². The molecular weight excluding hydrogens is 280 g/mol. The highest BCUT2D eigenvalue weighted by atomic mass is 16.3. The predicted molar refractivity (Wildman–Crippen MR) is 84.6 cm³/mol. The van der Waals surface area contributed by atoms with Crippen molar-refractivity contribution >= 4 is 22.9 Å². The first-order chi connectivity index (χ1) is 10.4. The SMILES string of the molecule is CC(C)Nc1ccc(N)c2c1C(=O)c1cccc(O)c1C2=O. The summed E-state index contributed by atoms with van der Waals surface area (Å²) < 4.78 is 0. The number of hydrogen-bond donors (Lipinski definition) is 3. The van der Waals surface area contributed by atoms with Crippen LogP contribution in [0, 0.1) is 0 Å². The van der Waals surface area contributed by atoms with E-state index in [0.29, 0.717) is 5.69 Å². The average Bonchev–Trinajstić information content (AvgIpc) is 2.45. The summed E-state index contributed by atoms with van der Waals surface area (Å²) >= 11 is 0. The number of aromatic hydroxyl groups is 1. The molecule has 0 spiro atoms. The molecule has 5 nitrogen and oxygen atoms in total. The molecule has 0 aromatic heterocycles. The summed E-state index contributed by atoms with van der Waals surface area (Å²) in [6.45, 7) is 3.88. The molecule has 22 heavy (non-hydrogen) atoms. The molecule has 0 saturated carbocycles. The lowest BCUT2D eigenvalue weighted by Gasteiger charge is -2.23. The highest BCUT2D eigenvalue weighted by Gasteiger charge is 2.35. The summed E-state index contributed by atoms with van der Waals surface area (Å²) in [6, 6.07) is 7.88. The number of nitrogen functional groups attached to an aromatic ring is 1. The van der Waals surface area contributed by atoms with Crippen molar-refractivity contribution < 1.29 is 14.7 Å². The van der Waals surface area contributed by atoms with Crippen LogP contribution in [-0.2, 0) is 0 Å². The molecular formula is C17H16N2O3. The van der Waals surface area contributed by atoms with Gasteiger partial charge in [-0.25, -0.2) is 0 Å². The van der Waals surface area contributed by atoms with Crippen LogP contribution >= 0.6 is 0 Å². The lowest BCUT2D eigenvalue weighted by atomic mass is 9.82. The first-order valence-electron chi connectivity index (χ1n) is 7.02. The van der Waals surface area contributed by atoms with Crippen LogP contribution in [0.3, 0.4) is 0 Å². The lowest BCUT2D eigenvalue weighted by Crippen LogP contribution is -2.25. The molecule has 1 aliphatic rings. The monoisotopic (exact) mass is 296 g/mol. The fraction of sp³-hybridized carbons (Fsp3) is 0.176. The van der Waals surface area contributed by atoms with E-state index in [-0.39, 0.29) is 45.5 Å². The molecule has 5 heteroatoms. The van der Waals surface area contributed by atoms with Gasteiger partial charge in [-0.15, -0.1) is 0 Å². The number of ketones is 2. The Hall–Kier alpha value is -2.82. The van der Waals surface area contributed by atoms with Crippen molar-refractivity contribution in [2.24, 2.45) is 0 Å². The number of hydrogen-bond acceptors (Lipinski definition) is 5. The van der Waals surface area contributed by atoms with E-state index in [4.69, 9.17) is 5.73 Å². The van der Waals surface area contributed by atoms with Gasteiger partial charge in [-0.1, -0.05) is 12.1 Å². The molecule has 112 valence electrons. The van der Waals surface area contributed by atoms with Crippen molar-refractivity contribution in [1.29, 1.82) is 0 Å². The Morgan fingerprint density at radius 1 is 1.00 bits per heavy atom. The molecule has 0 bridgehead atoms. The lowest BCUT2D eigenvalue weighted by molar-refractivity contribution is 0.0978. The molecule has 0 aliphatic heterocycles. The first kappa shape index (κ1) is 14.1. The Labute approximate surface area is 127 Å². The van der Waals surface area contributed by atoms with Gasteiger partial charge in [0.05, 0.1) is 16.7 Å². The van der Waals surface area contributed by atoms with Crippen LogP contribution in [0.4, 0.5) is 11.4 Å². The highest BCUT2D eigenvalue weighted by Crippen LogP contribution is 2.38. The third kappa shape index (κ3) is 1.94. The van der Waals surface area contributed by atoms with Gasteiger partial charge in [0.25, 0.3) is 0 Å². The van der Waals surface area contributed by atoms with E-state index in [1.165, 1.54) is 6.07 Å². The molecule has 0 radical (unpaired) electrons. The molecule has 0 heterocycles. The maximum atomic E-state index is 12.8. The van der Waals surface area contributed by atoms with Crippen molar-refractivity contribution in [3.8, 4) is 5.75 Å². The zero-order valence-electron chi connectivity index (χ0n) is 12.3. The van der Waals surface area contributed by atoms with E-state index in [2.05, 4.69) is 5.32 Å². The standard InChI is InChI=1S/C17H16N2O3/c1-8(2)19-11-7-6-10(18)14-15(11)16(21)9-4-3-5-12(20)13(9)17(14)22/h3-8,19-20H,18H2,1-2H3. The van der Waals surface area contributed by atoms with Crippen LogP contribution < -0.4 is 11.1 Å². The van der Waals surface area contributed by atoms with Crippen molar-refractivity contribution in [3.05, 3.63) is 52.6 Å². The van der Waals surface area contributed by atoms with E-state index in [9.17, 15) is 14.7 Å². The van der Waals surface area contributed by atoms with Gasteiger partial charge >= 0.3 is 0 Å². The number of anilines is 2. The summed E-state index contributed by atoms with van der Waals surface area (Å²) in [6.07, 6.45) is 0. The maximum Gasteiger partial charge on any atom is 0.200 e. The molecule has 2 aromatic carbocycles. The number of phenols is 1. The van der Waals surface area contributed by atoms with Crippen molar-refractivity contribution in [3.63, 3.8) is 0 Å². The number of carbonyl (C=O) groups is 2. The molecule has 2 aromatic rings. The van der Waals surface area contributed by atoms with Crippen molar-refractivity contribution in [2.75, 3.05) is 11.1 Å². The van der Waals surface area contributed by atoms with Gasteiger partial charge in [-0.2, -0.15) is 0 Å². The zero-order valence-corrected chi connectivity index (χ0v) is 12.3. The fourth-order valence-corrected chi connectivity index (χ4v) is 2.76. The Morgan fingerprint density at radius 2 is 1.73 bits per heavy atom. The van der Waals surface area contributed by atoms with E-state index in [1.807, 2.05) is 13.8 Å². The van der Waals surface area contributed by atoms with E-state index in [0.717, 1.165) is 0 Å². The minimum Gasteiger partial charge on any atom is -0.507 e. The number of nitrogens with two attached hydrogens (primary N) is 1.